The Morgan fingerprint density at radius 3 is 2.39 bits per heavy atom. The van der Waals surface area contributed by atoms with E-state index >= 15 is 0 Å². The minimum Gasteiger partial charge on any atom is -0.496 e. The molecule has 4 rings (SSSR count). The van der Waals surface area contributed by atoms with E-state index in [1.54, 1.807) is 0 Å². The van der Waals surface area contributed by atoms with Crippen LogP contribution in [0, 0.1) is 0 Å². The van der Waals surface area contributed by atoms with Gasteiger partial charge in [-0.1, -0.05) is 0 Å². The molecule has 7 nitrogen and oxygen atoms in total. The lowest BCUT2D eigenvalue weighted by Gasteiger charge is -2.48. The van der Waals surface area contributed by atoms with Crippen LogP contribution in [0.2, 0.25) is 0 Å². The summed E-state index contributed by atoms with van der Waals surface area (Å²) in [4.78, 5) is 15.0. The first-order chi connectivity index (χ1) is 10.8. The maximum absolute atomic E-state index is 12.7. The number of hydrogen-bond acceptors (Lipinski definition) is 5. The van der Waals surface area contributed by atoms with Crippen molar-refractivity contribution in [2.75, 3.05) is 26.7 Å². The summed E-state index contributed by atoms with van der Waals surface area (Å²) in [5, 5.41) is 8.26. The van der Waals surface area contributed by atoms with E-state index in [0.717, 1.165) is 38.9 Å². The van der Waals surface area contributed by atoms with Crippen LogP contribution in [0.1, 0.15) is 29.6 Å². The lowest BCUT2D eigenvalue weighted by Crippen LogP contribution is -2.61. The molecule has 0 spiro atoms. The molecule has 0 radical (unpaired) electrons. The summed E-state index contributed by atoms with van der Waals surface area (Å²) in [7, 11) is -2.43. The average molecular weight is 339 g/mol. The minimum atomic E-state index is -3.87. The fourth-order valence-electron chi connectivity index (χ4n) is 3.36. The Kier molecular flexibility index (Phi) is 4.07. The highest BCUT2D eigenvalue weighted by molar-refractivity contribution is 7.89. The number of primary sulfonamides is 1. The molecule has 0 aromatic heterocycles. The van der Waals surface area contributed by atoms with E-state index in [1.165, 1.54) is 25.3 Å². The zero-order valence-corrected chi connectivity index (χ0v) is 13.9. The highest BCUT2D eigenvalue weighted by Gasteiger charge is 2.40. The number of carbonyl (C=O) groups is 1. The van der Waals surface area contributed by atoms with Crippen molar-refractivity contribution < 1.29 is 17.9 Å². The quantitative estimate of drug-likeness (QED) is 0.822. The van der Waals surface area contributed by atoms with Gasteiger partial charge in [0.2, 0.25) is 10.0 Å². The number of benzene rings is 1. The molecule has 8 heteroatoms. The molecule has 2 bridgehead atoms. The van der Waals surface area contributed by atoms with E-state index in [-0.39, 0.29) is 21.9 Å². The van der Waals surface area contributed by atoms with E-state index in [0.29, 0.717) is 5.75 Å². The summed E-state index contributed by atoms with van der Waals surface area (Å²) >= 11 is 0. The Morgan fingerprint density at radius 1 is 1.26 bits per heavy atom. The molecular formula is C15H21N3O4S. The van der Waals surface area contributed by atoms with Gasteiger partial charge in [-0.15, -0.1) is 0 Å². The molecule has 0 aliphatic carbocycles. The zero-order valence-electron chi connectivity index (χ0n) is 13.0. The summed E-state index contributed by atoms with van der Waals surface area (Å²) < 4.78 is 28.2. The second kappa shape index (κ2) is 5.77. The van der Waals surface area contributed by atoms with Crippen molar-refractivity contribution in [1.29, 1.82) is 0 Å². The Labute approximate surface area is 135 Å². The molecule has 0 atom stereocenters. The van der Waals surface area contributed by atoms with Crippen molar-refractivity contribution in [2.24, 2.45) is 5.14 Å². The Hall–Kier alpha value is -1.64. The first kappa shape index (κ1) is 16.2. The Morgan fingerprint density at radius 2 is 1.87 bits per heavy atom. The average Bonchev–Trinajstić information content (AvgIpc) is 2.54. The number of sulfonamides is 1. The molecule has 126 valence electrons. The summed E-state index contributed by atoms with van der Waals surface area (Å²) in [6, 6.07) is 4.07. The van der Waals surface area contributed by atoms with Crippen molar-refractivity contribution in [3.05, 3.63) is 23.8 Å². The molecule has 0 unspecified atom stereocenters. The Bertz CT molecular complexity index is 710. The van der Waals surface area contributed by atoms with Crippen LogP contribution in [0.25, 0.3) is 0 Å². The fraction of sp³-hybridized carbons (Fsp3) is 0.533. The van der Waals surface area contributed by atoms with Gasteiger partial charge in [-0.25, -0.2) is 13.6 Å². The van der Waals surface area contributed by atoms with Crippen molar-refractivity contribution in [1.82, 2.24) is 10.2 Å². The zero-order chi connectivity index (χ0) is 16.7. The SMILES string of the molecule is COc1ccc(S(N)(=O)=O)cc1C(=O)NC12CCN(CC1)CC2. The van der Waals surface area contributed by atoms with E-state index in [4.69, 9.17) is 9.88 Å². The molecule has 3 fully saturated rings. The number of ether oxygens (including phenoxy) is 1. The number of fused-ring (bicyclic) bond motifs is 3. The van der Waals surface area contributed by atoms with Crippen molar-refractivity contribution in [2.45, 2.75) is 29.7 Å². The number of nitrogens with two attached hydrogens (primary N) is 1. The lowest BCUT2D eigenvalue weighted by molar-refractivity contribution is 0.0514. The molecule has 23 heavy (non-hydrogen) atoms. The number of rotatable bonds is 4. The normalized spacial score (nSPS) is 26.8. The van der Waals surface area contributed by atoms with E-state index in [1.807, 2.05) is 0 Å². The van der Waals surface area contributed by atoms with Gasteiger partial charge in [0.25, 0.3) is 5.91 Å². The maximum Gasteiger partial charge on any atom is 0.255 e. The molecule has 3 heterocycles. The number of hydrogen-bond donors (Lipinski definition) is 2. The maximum atomic E-state index is 12.7. The third kappa shape index (κ3) is 3.19. The lowest BCUT2D eigenvalue weighted by atomic mass is 9.80. The molecule has 0 saturated carbocycles. The van der Waals surface area contributed by atoms with Gasteiger partial charge in [0.05, 0.1) is 17.6 Å². The monoisotopic (exact) mass is 339 g/mol. The number of nitrogens with zero attached hydrogens (tertiary/aromatic N) is 1. The van der Waals surface area contributed by atoms with Crippen LogP contribution in [-0.2, 0) is 10.0 Å². The topological polar surface area (TPSA) is 102 Å². The largest absolute Gasteiger partial charge is 0.496 e. The molecule has 3 aliphatic rings. The van der Waals surface area contributed by atoms with Gasteiger partial charge in [-0.2, -0.15) is 0 Å². The van der Waals surface area contributed by atoms with Crippen molar-refractivity contribution in [3.8, 4) is 5.75 Å². The molecule has 1 aromatic carbocycles. The van der Waals surface area contributed by atoms with Gasteiger partial charge in [-0.05, 0) is 37.5 Å². The number of carbonyl (C=O) groups excluding carboxylic acids is 1. The van der Waals surface area contributed by atoms with Gasteiger partial charge in [0.1, 0.15) is 5.75 Å². The fourth-order valence-corrected chi connectivity index (χ4v) is 3.90. The van der Waals surface area contributed by atoms with E-state index in [2.05, 4.69) is 10.2 Å². The summed E-state index contributed by atoms with van der Waals surface area (Å²) in [5.74, 6) is 0.0160. The predicted octanol–water partition coefficient (Wildman–Crippen LogP) is 0.311. The number of nitrogens with one attached hydrogen (secondary N) is 1. The van der Waals surface area contributed by atoms with Crippen LogP contribution in [0.5, 0.6) is 5.75 Å². The van der Waals surface area contributed by atoms with Gasteiger partial charge in [-0.3, -0.25) is 4.79 Å². The second-order valence-corrected chi connectivity index (χ2v) is 7.79. The summed E-state index contributed by atoms with van der Waals surface area (Å²) in [6.45, 7) is 2.94. The van der Waals surface area contributed by atoms with Crippen LogP contribution >= 0.6 is 0 Å². The van der Waals surface area contributed by atoms with Crippen molar-refractivity contribution >= 4 is 15.9 Å². The van der Waals surface area contributed by atoms with E-state index in [9.17, 15) is 13.2 Å². The highest BCUT2D eigenvalue weighted by Crippen LogP contribution is 2.32. The molecule has 1 aromatic rings. The summed E-state index contributed by atoms with van der Waals surface area (Å²) in [6.07, 6.45) is 2.74. The smallest absolute Gasteiger partial charge is 0.255 e. The van der Waals surface area contributed by atoms with Crippen LogP contribution in [0.3, 0.4) is 0 Å². The third-order valence-electron chi connectivity index (χ3n) is 4.84. The van der Waals surface area contributed by atoms with Gasteiger partial charge >= 0.3 is 0 Å². The number of piperidine rings is 3. The number of amides is 1. The van der Waals surface area contributed by atoms with Crippen LogP contribution < -0.4 is 15.2 Å². The van der Waals surface area contributed by atoms with Crippen LogP contribution in [-0.4, -0.2) is 51.5 Å². The summed E-state index contributed by atoms with van der Waals surface area (Å²) in [5.41, 5.74) is -0.00422. The molecule has 1 amide bonds. The van der Waals surface area contributed by atoms with Crippen LogP contribution in [0.15, 0.2) is 23.1 Å². The first-order valence-electron chi connectivity index (χ1n) is 7.59. The molecular weight excluding hydrogens is 318 g/mol. The molecule has 3 N–H and O–H groups in total. The van der Waals surface area contributed by atoms with Gasteiger partial charge < -0.3 is 15.0 Å². The highest BCUT2D eigenvalue weighted by atomic mass is 32.2. The third-order valence-corrected chi connectivity index (χ3v) is 5.75. The molecule has 3 aliphatic heterocycles. The first-order valence-corrected chi connectivity index (χ1v) is 9.13. The minimum absolute atomic E-state index is 0.0978. The van der Waals surface area contributed by atoms with Gasteiger partial charge in [0.15, 0.2) is 0 Å². The number of methoxy groups -OCH3 is 1. The van der Waals surface area contributed by atoms with E-state index < -0.39 is 10.0 Å². The van der Waals surface area contributed by atoms with Gasteiger partial charge in [0, 0.05) is 25.2 Å². The predicted molar refractivity (Wildman–Crippen MR) is 84.9 cm³/mol. The second-order valence-electron chi connectivity index (χ2n) is 6.23. The molecule has 3 saturated heterocycles. The Balaban J connectivity index is 1.89. The standard InChI is InChI=1S/C15H21N3O4S/c1-22-13-3-2-11(23(16,20)21)10-12(13)14(19)17-15-4-7-18(8-5-15)9-6-15/h2-3,10H,4-9H2,1H3,(H,17,19)(H2,16,20,21). The van der Waals surface area contributed by atoms with Crippen molar-refractivity contribution in [3.63, 3.8) is 0 Å². The van der Waals surface area contributed by atoms with Crippen LogP contribution in [0.4, 0.5) is 0 Å².